The molecule has 2 N–H and O–H groups in total. The first kappa shape index (κ1) is 15.8. The number of rotatable bonds is 5. The Hall–Kier alpha value is -1.55. The fourth-order valence-corrected chi connectivity index (χ4v) is 2.59. The molecule has 1 saturated heterocycles. The summed E-state index contributed by atoms with van der Waals surface area (Å²) in [4.78, 5) is 12.3. The molecule has 0 bridgehead atoms. The molecule has 1 aliphatic rings. The average Bonchev–Trinajstić information content (AvgIpc) is 2.45. The van der Waals surface area contributed by atoms with Crippen molar-refractivity contribution in [3.8, 4) is 5.75 Å². The lowest BCUT2D eigenvalue weighted by atomic mass is 9.81. The van der Waals surface area contributed by atoms with Crippen molar-refractivity contribution in [2.24, 2.45) is 5.41 Å². The summed E-state index contributed by atoms with van der Waals surface area (Å²) in [6.45, 7) is 8.98. The molecule has 0 aliphatic carbocycles. The molecule has 0 unspecified atom stereocenters. The van der Waals surface area contributed by atoms with Gasteiger partial charge in [-0.3, -0.25) is 4.79 Å². The van der Waals surface area contributed by atoms with Crippen LogP contribution in [0.15, 0.2) is 24.3 Å². The van der Waals surface area contributed by atoms with E-state index in [0.29, 0.717) is 5.56 Å². The van der Waals surface area contributed by atoms with Crippen LogP contribution in [0.4, 0.5) is 0 Å². The van der Waals surface area contributed by atoms with Crippen molar-refractivity contribution in [3.63, 3.8) is 0 Å². The van der Waals surface area contributed by atoms with Gasteiger partial charge in [-0.15, -0.1) is 0 Å². The molecule has 116 valence electrons. The molecule has 4 nitrogen and oxygen atoms in total. The normalized spacial score (nSPS) is 17.5. The largest absolute Gasteiger partial charge is 0.491 e. The summed E-state index contributed by atoms with van der Waals surface area (Å²) in [6, 6.07) is 7.37. The second-order valence-corrected chi connectivity index (χ2v) is 6.44. The summed E-state index contributed by atoms with van der Waals surface area (Å²) in [6.07, 6.45) is 2.31. The molecule has 1 fully saturated rings. The van der Waals surface area contributed by atoms with Crippen LogP contribution >= 0.6 is 0 Å². The summed E-state index contributed by atoms with van der Waals surface area (Å²) in [5, 5.41) is 6.42. The average molecular weight is 290 g/mol. The number of piperidine rings is 1. The molecule has 0 atom stereocenters. The highest BCUT2D eigenvalue weighted by molar-refractivity contribution is 5.94. The molecule has 1 heterocycles. The van der Waals surface area contributed by atoms with E-state index in [0.717, 1.165) is 38.2 Å². The summed E-state index contributed by atoms with van der Waals surface area (Å²) in [5.74, 6) is 0.717. The minimum atomic E-state index is -0.0241. The van der Waals surface area contributed by atoms with E-state index in [2.05, 4.69) is 17.6 Å². The molecule has 4 heteroatoms. The standard InChI is InChI=1S/C17H26N2O2/c1-13(2)21-15-6-4-5-14(11-15)16(20)19-12-17(3)7-9-18-10-8-17/h4-6,11,13,18H,7-10,12H2,1-3H3,(H,19,20). The number of carbonyl (C=O) groups is 1. The predicted molar refractivity (Wildman–Crippen MR) is 84.7 cm³/mol. The van der Waals surface area contributed by atoms with Gasteiger partial charge >= 0.3 is 0 Å². The lowest BCUT2D eigenvalue weighted by Gasteiger charge is -2.34. The Balaban J connectivity index is 1.93. The monoisotopic (exact) mass is 290 g/mol. The first-order valence-electron chi connectivity index (χ1n) is 7.74. The van der Waals surface area contributed by atoms with Crippen molar-refractivity contribution in [2.75, 3.05) is 19.6 Å². The van der Waals surface area contributed by atoms with Crippen LogP contribution in [0.2, 0.25) is 0 Å². The lowest BCUT2D eigenvalue weighted by molar-refractivity contribution is 0.0921. The third kappa shape index (κ3) is 4.74. The topological polar surface area (TPSA) is 50.4 Å². The first-order chi connectivity index (χ1) is 9.98. The zero-order chi connectivity index (χ0) is 15.3. The minimum absolute atomic E-state index is 0.0241. The fraction of sp³-hybridized carbons (Fsp3) is 0.588. The molecule has 1 amide bonds. The summed E-state index contributed by atoms with van der Waals surface area (Å²) in [7, 11) is 0. The second-order valence-electron chi connectivity index (χ2n) is 6.44. The summed E-state index contributed by atoms with van der Waals surface area (Å²) >= 11 is 0. The van der Waals surface area contributed by atoms with Gasteiger partial charge in [-0.25, -0.2) is 0 Å². The third-order valence-corrected chi connectivity index (χ3v) is 3.95. The van der Waals surface area contributed by atoms with Crippen LogP contribution in [0.3, 0.4) is 0 Å². The number of hydrogen-bond acceptors (Lipinski definition) is 3. The van der Waals surface area contributed by atoms with Crippen LogP contribution in [0.25, 0.3) is 0 Å². The van der Waals surface area contributed by atoms with Gasteiger partial charge in [0.05, 0.1) is 6.10 Å². The Labute approximate surface area is 127 Å². The molecule has 1 aromatic carbocycles. The van der Waals surface area contributed by atoms with E-state index in [4.69, 9.17) is 4.74 Å². The Kier molecular flexibility index (Phi) is 5.23. The molecule has 0 radical (unpaired) electrons. The maximum atomic E-state index is 12.3. The quantitative estimate of drug-likeness (QED) is 0.876. The van der Waals surface area contributed by atoms with Gasteiger partial charge in [0.1, 0.15) is 5.75 Å². The van der Waals surface area contributed by atoms with Crippen LogP contribution in [0.5, 0.6) is 5.75 Å². The number of amides is 1. The molecule has 0 aromatic heterocycles. The zero-order valence-electron chi connectivity index (χ0n) is 13.2. The van der Waals surface area contributed by atoms with E-state index in [9.17, 15) is 4.79 Å². The Morgan fingerprint density at radius 1 is 1.38 bits per heavy atom. The van der Waals surface area contributed by atoms with Crippen molar-refractivity contribution < 1.29 is 9.53 Å². The fourth-order valence-electron chi connectivity index (χ4n) is 2.59. The highest BCUT2D eigenvalue weighted by atomic mass is 16.5. The van der Waals surface area contributed by atoms with E-state index in [1.54, 1.807) is 6.07 Å². The SMILES string of the molecule is CC(C)Oc1cccc(C(=O)NCC2(C)CCNCC2)c1. The number of carbonyl (C=O) groups excluding carboxylic acids is 1. The Bertz CT molecular complexity index is 479. The van der Waals surface area contributed by atoms with E-state index in [1.807, 2.05) is 32.0 Å². The minimum Gasteiger partial charge on any atom is -0.491 e. The van der Waals surface area contributed by atoms with Gasteiger partial charge in [-0.1, -0.05) is 13.0 Å². The lowest BCUT2D eigenvalue weighted by Crippen LogP contribution is -2.42. The number of benzene rings is 1. The molecule has 2 rings (SSSR count). The molecular formula is C17H26N2O2. The molecule has 1 aliphatic heterocycles. The molecular weight excluding hydrogens is 264 g/mol. The highest BCUT2D eigenvalue weighted by Crippen LogP contribution is 2.26. The van der Waals surface area contributed by atoms with Crippen LogP contribution in [-0.2, 0) is 0 Å². The molecule has 0 saturated carbocycles. The van der Waals surface area contributed by atoms with E-state index >= 15 is 0 Å². The van der Waals surface area contributed by atoms with Gasteiger partial charge < -0.3 is 15.4 Å². The molecule has 21 heavy (non-hydrogen) atoms. The van der Waals surface area contributed by atoms with Crippen molar-refractivity contribution in [2.45, 2.75) is 39.7 Å². The van der Waals surface area contributed by atoms with Crippen molar-refractivity contribution >= 4 is 5.91 Å². The van der Waals surface area contributed by atoms with Crippen LogP contribution < -0.4 is 15.4 Å². The van der Waals surface area contributed by atoms with E-state index in [1.165, 1.54) is 0 Å². The van der Waals surface area contributed by atoms with E-state index < -0.39 is 0 Å². The zero-order valence-corrected chi connectivity index (χ0v) is 13.2. The van der Waals surface area contributed by atoms with Crippen molar-refractivity contribution in [1.29, 1.82) is 0 Å². The summed E-state index contributed by atoms with van der Waals surface area (Å²) < 4.78 is 5.63. The molecule has 0 spiro atoms. The maximum absolute atomic E-state index is 12.3. The van der Waals surface area contributed by atoms with Gasteiger partial charge in [0, 0.05) is 12.1 Å². The number of ether oxygens (including phenoxy) is 1. The highest BCUT2D eigenvalue weighted by Gasteiger charge is 2.27. The van der Waals surface area contributed by atoms with Crippen molar-refractivity contribution in [3.05, 3.63) is 29.8 Å². The van der Waals surface area contributed by atoms with Crippen LogP contribution in [0, 0.1) is 5.41 Å². The van der Waals surface area contributed by atoms with Gasteiger partial charge in [0.25, 0.3) is 5.91 Å². The predicted octanol–water partition coefficient (Wildman–Crippen LogP) is 2.59. The van der Waals surface area contributed by atoms with Gasteiger partial charge in [0.15, 0.2) is 0 Å². The Morgan fingerprint density at radius 2 is 2.10 bits per heavy atom. The maximum Gasteiger partial charge on any atom is 0.251 e. The van der Waals surface area contributed by atoms with Gasteiger partial charge in [-0.2, -0.15) is 0 Å². The summed E-state index contributed by atoms with van der Waals surface area (Å²) in [5.41, 5.74) is 0.859. The number of nitrogens with one attached hydrogen (secondary N) is 2. The van der Waals surface area contributed by atoms with Crippen molar-refractivity contribution in [1.82, 2.24) is 10.6 Å². The molecule has 1 aromatic rings. The third-order valence-electron chi connectivity index (χ3n) is 3.95. The van der Waals surface area contributed by atoms with Gasteiger partial charge in [-0.05, 0) is 63.4 Å². The van der Waals surface area contributed by atoms with Crippen LogP contribution in [-0.4, -0.2) is 31.6 Å². The second kappa shape index (κ2) is 6.94. The smallest absolute Gasteiger partial charge is 0.251 e. The van der Waals surface area contributed by atoms with Crippen LogP contribution in [0.1, 0.15) is 44.0 Å². The Morgan fingerprint density at radius 3 is 2.76 bits per heavy atom. The van der Waals surface area contributed by atoms with E-state index in [-0.39, 0.29) is 17.4 Å². The number of hydrogen-bond donors (Lipinski definition) is 2. The first-order valence-corrected chi connectivity index (χ1v) is 7.74. The van der Waals surface area contributed by atoms with Gasteiger partial charge in [0.2, 0.25) is 0 Å².